The van der Waals surface area contributed by atoms with Gasteiger partial charge in [-0.25, -0.2) is 0 Å². The lowest BCUT2D eigenvalue weighted by Gasteiger charge is -2.36. The average Bonchev–Trinajstić information content (AvgIpc) is 2.74. The molecular weight excluding hydrogens is 336 g/mol. The fourth-order valence-corrected chi connectivity index (χ4v) is 3.82. The smallest absolute Gasteiger partial charge is 0.272 e. The Bertz CT molecular complexity index is 952. The molecule has 4 rings (SSSR count). The van der Waals surface area contributed by atoms with Crippen molar-refractivity contribution in [1.82, 2.24) is 9.88 Å². The van der Waals surface area contributed by atoms with Crippen LogP contribution in [0.4, 0.5) is 0 Å². The second-order valence-electron chi connectivity index (χ2n) is 6.74. The Balaban J connectivity index is 1.67. The van der Waals surface area contributed by atoms with Crippen molar-refractivity contribution in [1.29, 1.82) is 0 Å². The van der Waals surface area contributed by atoms with Crippen molar-refractivity contribution in [3.05, 3.63) is 83.7 Å². The minimum absolute atomic E-state index is 0.0106. The van der Waals surface area contributed by atoms with Gasteiger partial charge in [0, 0.05) is 12.7 Å². The van der Waals surface area contributed by atoms with Crippen LogP contribution >= 0.6 is 0 Å². The monoisotopic (exact) mass is 358 g/mol. The van der Waals surface area contributed by atoms with E-state index in [0.29, 0.717) is 12.2 Å². The SMILES string of the molecule is COc1ccc(-c2cccc3c2CCN(C(=O)c2ccccn2)[C@@H]3C)cc1. The van der Waals surface area contributed by atoms with Crippen molar-refractivity contribution in [3.8, 4) is 16.9 Å². The van der Waals surface area contributed by atoms with Gasteiger partial charge in [0.15, 0.2) is 0 Å². The van der Waals surface area contributed by atoms with Gasteiger partial charge >= 0.3 is 0 Å². The van der Waals surface area contributed by atoms with E-state index in [4.69, 9.17) is 4.74 Å². The molecule has 4 nitrogen and oxygen atoms in total. The maximum absolute atomic E-state index is 12.9. The molecule has 1 atom stereocenters. The van der Waals surface area contributed by atoms with E-state index in [-0.39, 0.29) is 11.9 Å². The number of carbonyl (C=O) groups excluding carboxylic acids is 1. The minimum Gasteiger partial charge on any atom is -0.497 e. The van der Waals surface area contributed by atoms with E-state index in [9.17, 15) is 4.79 Å². The predicted molar refractivity (Wildman–Crippen MR) is 106 cm³/mol. The maximum atomic E-state index is 12.9. The standard InChI is InChI=1S/C23H22N2O2/c1-16-19-6-5-7-20(17-9-11-18(27-2)12-10-17)21(19)13-15-25(16)23(26)22-8-3-4-14-24-22/h3-12,14,16H,13,15H2,1-2H3/t16-/m1/s1. The van der Waals surface area contributed by atoms with E-state index >= 15 is 0 Å². The number of aromatic nitrogens is 1. The van der Waals surface area contributed by atoms with Gasteiger partial charge in [-0.05, 0) is 59.9 Å². The summed E-state index contributed by atoms with van der Waals surface area (Å²) in [5.74, 6) is 0.840. The Morgan fingerprint density at radius 2 is 1.89 bits per heavy atom. The summed E-state index contributed by atoms with van der Waals surface area (Å²) in [5.41, 5.74) is 5.43. The molecule has 0 saturated carbocycles. The number of amides is 1. The fraction of sp³-hybridized carbons (Fsp3) is 0.217. The molecule has 0 bridgehead atoms. The number of ether oxygens (including phenoxy) is 1. The Labute approximate surface area is 159 Å². The van der Waals surface area contributed by atoms with Gasteiger partial charge in [-0.15, -0.1) is 0 Å². The molecule has 27 heavy (non-hydrogen) atoms. The van der Waals surface area contributed by atoms with E-state index < -0.39 is 0 Å². The Morgan fingerprint density at radius 1 is 1.07 bits per heavy atom. The van der Waals surface area contributed by atoms with Crippen LogP contribution in [0, 0.1) is 0 Å². The number of fused-ring (bicyclic) bond motifs is 1. The first kappa shape index (κ1) is 17.3. The molecule has 3 aromatic rings. The zero-order valence-electron chi connectivity index (χ0n) is 15.6. The van der Waals surface area contributed by atoms with Gasteiger partial charge in [0.05, 0.1) is 13.2 Å². The van der Waals surface area contributed by atoms with Crippen LogP contribution in [-0.2, 0) is 6.42 Å². The van der Waals surface area contributed by atoms with Crippen LogP contribution in [-0.4, -0.2) is 29.4 Å². The Kier molecular flexibility index (Phi) is 4.63. The van der Waals surface area contributed by atoms with E-state index in [1.54, 1.807) is 19.4 Å². The topological polar surface area (TPSA) is 42.4 Å². The van der Waals surface area contributed by atoms with E-state index in [1.807, 2.05) is 29.2 Å². The molecule has 136 valence electrons. The highest BCUT2D eigenvalue weighted by Crippen LogP contribution is 2.36. The normalized spacial score (nSPS) is 15.9. The van der Waals surface area contributed by atoms with Crippen LogP contribution < -0.4 is 4.74 Å². The number of rotatable bonds is 3. The van der Waals surface area contributed by atoms with Gasteiger partial charge in [0.1, 0.15) is 11.4 Å². The fourth-order valence-electron chi connectivity index (χ4n) is 3.82. The van der Waals surface area contributed by atoms with E-state index in [1.165, 1.54) is 22.3 Å². The highest BCUT2D eigenvalue weighted by atomic mass is 16.5. The molecule has 0 fully saturated rings. The molecule has 1 aliphatic rings. The van der Waals surface area contributed by atoms with Gasteiger partial charge in [-0.1, -0.05) is 36.4 Å². The first-order valence-corrected chi connectivity index (χ1v) is 9.17. The zero-order chi connectivity index (χ0) is 18.8. The van der Waals surface area contributed by atoms with Crippen molar-refractivity contribution in [2.75, 3.05) is 13.7 Å². The number of carbonyl (C=O) groups is 1. The number of hydrogen-bond acceptors (Lipinski definition) is 3. The number of benzene rings is 2. The maximum Gasteiger partial charge on any atom is 0.272 e. The first-order valence-electron chi connectivity index (χ1n) is 9.17. The van der Waals surface area contributed by atoms with Gasteiger partial charge in [0.25, 0.3) is 5.91 Å². The van der Waals surface area contributed by atoms with Crippen molar-refractivity contribution in [3.63, 3.8) is 0 Å². The van der Waals surface area contributed by atoms with E-state index in [2.05, 4.69) is 42.2 Å². The molecule has 1 aromatic heterocycles. The Hall–Kier alpha value is -3.14. The van der Waals surface area contributed by atoms with Crippen LogP contribution in [0.5, 0.6) is 5.75 Å². The third-order valence-electron chi connectivity index (χ3n) is 5.28. The van der Waals surface area contributed by atoms with Gasteiger partial charge in [0.2, 0.25) is 0 Å². The molecule has 4 heteroatoms. The quantitative estimate of drug-likeness (QED) is 0.691. The largest absolute Gasteiger partial charge is 0.497 e. The first-order chi connectivity index (χ1) is 13.2. The second kappa shape index (κ2) is 7.23. The summed E-state index contributed by atoms with van der Waals surface area (Å²) in [7, 11) is 1.67. The molecule has 0 unspecified atom stereocenters. The number of pyridine rings is 1. The van der Waals surface area contributed by atoms with Crippen LogP contribution in [0.15, 0.2) is 66.9 Å². The second-order valence-corrected chi connectivity index (χ2v) is 6.74. The molecule has 0 spiro atoms. The Morgan fingerprint density at radius 3 is 2.59 bits per heavy atom. The van der Waals surface area contributed by atoms with Gasteiger partial charge in [-0.3, -0.25) is 9.78 Å². The lowest BCUT2D eigenvalue weighted by Crippen LogP contribution is -2.39. The molecule has 0 saturated heterocycles. The number of nitrogens with zero attached hydrogens (tertiary/aromatic N) is 2. The number of hydrogen-bond donors (Lipinski definition) is 0. The average molecular weight is 358 g/mol. The lowest BCUT2D eigenvalue weighted by molar-refractivity contribution is 0.0672. The summed E-state index contributed by atoms with van der Waals surface area (Å²) in [4.78, 5) is 19.0. The number of methoxy groups -OCH3 is 1. The van der Waals surface area contributed by atoms with Crippen LogP contribution in [0.3, 0.4) is 0 Å². The highest BCUT2D eigenvalue weighted by Gasteiger charge is 2.30. The van der Waals surface area contributed by atoms with Crippen molar-refractivity contribution in [2.24, 2.45) is 0 Å². The molecule has 2 heterocycles. The van der Waals surface area contributed by atoms with Gasteiger partial charge in [-0.2, -0.15) is 0 Å². The van der Waals surface area contributed by atoms with Crippen LogP contribution in [0.25, 0.3) is 11.1 Å². The summed E-state index contributed by atoms with van der Waals surface area (Å²) >= 11 is 0. The third kappa shape index (κ3) is 3.19. The van der Waals surface area contributed by atoms with Crippen LogP contribution in [0.1, 0.15) is 34.6 Å². The molecular formula is C23H22N2O2. The van der Waals surface area contributed by atoms with Crippen molar-refractivity contribution >= 4 is 5.91 Å². The van der Waals surface area contributed by atoms with Gasteiger partial charge < -0.3 is 9.64 Å². The van der Waals surface area contributed by atoms with Crippen LogP contribution in [0.2, 0.25) is 0 Å². The highest BCUT2D eigenvalue weighted by molar-refractivity contribution is 5.92. The molecule has 0 N–H and O–H groups in total. The minimum atomic E-state index is -0.0106. The summed E-state index contributed by atoms with van der Waals surface area (Å²) in [6, 6.07) is 20.0. The summed E-state index contributed by atoms with van der Waals surface area (Å²) in [6.45, 7) is 2.79. The molecule has 1 amide bonds. The molecule has 2 aromatic carbocycles. The summed E-state index contributed by atoms with van der Waals surface area (Å²) in [5, 5.41) is 0. The summed E-state index contributed by atoms with van der Waals surface area (Å²) in [6.07, 6.45) is 2.50. The van der Waals surface area contributed by atoms with Crippen molar-refractivity contribution < 1.29 is 9.53 Å². The molecule has 0 radical (unpaired) electrons. The predicted octanol–water partition coefficient (Wildman–Crippen LogP) is 4.52. The zero-order valence-corrected chi connectivity index (χ0v) is 15.6. The summed E-state index contributed by atoms with van der Waals surface area (Å²) < 4.78 is 5.27. The lowest BCUT2D eigenvalue weighted by atomic mass is 9.87. The van der Waals surface area contributed by atoms with E-state index in [0.717, 1.165) is 12.2 Å². The molecule has 0 aliphatic carbocycles. The molecule has 1 aliphatic heterocycles. The van der Waals surface area contributed by atoms with Crippen molar-refractivity contribution in [2.45, 2.75) is 19.4 Å². The third-order valence-corrected chi connectivity index (χ3v) is 5.28.